The smallest absolute Gasteiger partial charge is 0.0640 e. The third-order valence-electron chi connectivity index (χ3n) is 12.6. The molecule has 0 radical (unpaired) electrons. The van der Waals surface area contributed by atoms with Crippen LogP contribution in [0.4, 0.5) is 28.4 Å². The van der Waals surface area contributed by atoms with Crippen molar-refractivity contribution < 1.29 is 0 Å². The van der Waals surface area contributed by atoms with E-state index in [0.29, 0.717) is 11.8 Å². The van der Waals surface area contributed by atoms with Gasteiger partial charge in [0, 0.05) is 42.5 Å². The predicted octanol–water partition coefficient (Wildman–Crippen LogP) is 16.4. The molecule has 0 bridgehead atoms. The summed E-state index contributed by atoms with van der Waals surface area (Å²) in [6, 6.07) is 56.3. The van der Waals surface area contributed by atoms with E-state index in [2.05, 4.69) is 194 Å². The number of hydrogen-bond acceptors (Lipinski definition) is 4. The number of para-hydroxylation sites is 2. The molecule has 8 aromatic carbocycles. The Hall–Kier alpha value is -6.20. The Morgan fingerprint density at radius 2 is 1.16 bits per heavy atom. The molecule has 2 atom stereocenters. The number of thiophene rings is 2. The van der Waals surface area contributed by atoms with Crippen molar-refractivity contribution in [2.45, 2.75) is 32.6 Å². The topological polar surface area (TPSA) is 6.48 Å². The maximum atomic E-state index is 2.56. The summed E-state index contributed by atoms with van der Waals surface area (Å²) in [4.78, 5) is 7.91. The molecule has 2 aliphatic rings. The highest BCUT2D eigenvalue weighted by Gasteiger charge is 2.32. The van der Waals surface area contributed by atoms with Crippen molar-refractivity contribution >= 4 is 115 Å². The molecule has 2 aromatic heterocycles. The van der Waals surface area contributed by atoms with Crippen molar-refractivity contribution in [3.8, 4) is 0 Å². The molecule has 0 aliphatic heterocycles. The molecule has 0 N–H and O–H groups in total. The van der Waals surface area contributed by atoms with Crippen molar-refractivity contribution in [1.29, 1.82) is 0 Å². The molecule has 278 valence electrons. The fourth-order valence-electron chi connectivity index (χ4n) is 9.93. The zero-order valence-electron chi connectivity index (χ0n) is 32.4. The zero-order chi connectivity index (χ0) is 38.5. The van der Waals surface area contributed by atoms with Crippen LogP contribution in [-0.2, 0) is 6.42 Å². The maximum absolute atomic E-state index is 2.56. The van der Waals surface area contributed by atoms with Gasteiger partial charge in [-0.05, 0) is 112 Å². The van der Waals surface area contributed by atoms with Gasteiger partial charge in [-0.3, -0.25) is 0 Å². The summed E-state index contributed by atoms with van der Waals surface area (Å²) in [5, 5.41) is 10.3. The van der Waals surface area contributed by atoms with Crippen molar-refractivity contribution in [3.05, 3.63) is 185 Å². The van der Waals surface area contributed by atoms with Gasteiger partial charge in [-0.1, -0.05) is 129 Å². The normalized spacial score (nSPS) is 16.3. The minimum Gasteiger partial charge on any atom is -0.309 e. The molecule has 4 heteroatoms. The van der Waals surface area contributed by atoms with Crippen molar-refractivity contribution in [3.63, 3.8) is 0 Å². The molecule has 0 spiro atoms. The van der Waals surface area contributed by atoms with Crippen LogP contribution in [-0.4, -0.2) is 0 Å². The van der Waals surface area contributed by atoms with E-state index in [1.807, 2.05) is 22.7 Å². The monoisotopic (exact) mass is 780 g/mol. The van der Waals surface area contributed by atoms with Crippen LogP contribution >= 0.6 is 22.7 Å². The van der Waals surface area contributed by atoms with Crippen LogP contribution in [0.15, 0.2) is 164 Å². The van der Waals surface area contributed by atoms with Gasteiger partial charge in [0.1, 0.15) is 0 Å². The van der Waals surface area contributed by atoms with E-state index >= 15 is 0 Å². The Morgan fingerprint density at radius 1 is 0.534 bits per heavy atom. The average Bonchev–Trinajstić information content (AvgIpc) is 3.85. The van der Waals surface area contributed by atoms with Crippen molar-refractivity contribution in [2.75, 3.05) is 9.80 Å². The highest BCUT2D eigenvalue weighted by Crippen LogP contribution is 2.53. The summed E-state index contributed by atoms with van der Waals surface area (Å²) in [6.45, 7) is 4.77. The first-order valence-electron chi connectivity index (χ1n) is 20.5. The van der Waals surface area contributed by atoms with Gasteiger partial charge in [-0.25, -0.2) is 0 Å². The molecule has 0 saturated heterocycles. The van der Waals surface area contributed by atoms with Gasteiger partial charge in [0.05, 0.1) is 32.3 Å². The molecule has 2 heterocycles. The lowest BCUT2D eigenvalue weighted by molar-refractivity contribution is 0.690. The Morgan fingerprint density at radius 3 is 1.88 bits per heavy atom. The van der Waals surface area contributed by atoms with E-state index in [0.717, 1.165) is 18.5 Å². The van der Waals surface area contributed by atoms with Gasteiger partial charge in [0.2, 0.25) is 0 Å². The number of rotatable bonds is 6. The van der Waals surface area contributed by atoms with E-state index < -0.39 is 0 Å². The standard InChI is InChI=1S/C54H40N2S2/c1-33-20-31-49-43(32-33)50-34(2)21-28-47(54(50)58-49)56(38-14-7-4-8-15-38)45-30-25-36-22-26-41-44(29-24-35-23-27-42(45)52(36)51(35)41)55(37-12-5-3-6-13-37)46-18-11-17-40-39-16-9-10-19-48(39)57-53(40)46/h3-20,22-31,33-34H,21,32H2,1-2H3. The van der Waals surface area contributed by atoms with E-state index in [9.17, 15) is 0 Å². The Kier molecular flexibility index (Phi) is 7.70. The minimum absolute atomic E-state index is 0.501. The minimum atomic E-state index is 0.501. The van der Waals surface area contributed by atoms with Gasteiger partial charge in [-0.2, -0.15) is 0 Å². The van der Waals surface area contributed by atoms with Crippen LogP contribution in [0.2, 0.25) is 0 Å². The van der Waals surface area contributed by atoms with Gasteiger partial charge < -0.3 is 9.80 Å². The third-order valence-corrected chi connectivity index (χ3v) is 15.0. The predicted molar refractivity (Wildman–Crippen MR) is 254 cm³/mol. The molecular weight excluding hydrogens is 741 g/mol. The molecule has 2 nitrogen and oxygen atoms in total. The van der Waals surface area contributed by atoms with E-state index in [4.69, 9.17) is 0 Å². The third kappa shape index (κ3) is 5.08. The molecule has 58 heavy (non-hydrogen) atoms. The fraction of sp³-hybridized carbons (Fsp3) is 0.111. The number of fused-ring (bicyclic) bond motifs is 6. The lowest BCUT2D eigenvalue weighted by Crippen LogP contribution is -2.19. The van der Waals surface area contributed by atoms with Crippen LogP contribution in [0, 0.1) is 5.92 Å². The van der Waals surface area contributed by atoms with Crippen LogP contribution < -0.4 is 9.80 Å². The van der Waals surface area contributed by atoms with Gasteiger partial charge >= 0.3 is 0 Å². The zero-order valence-corrected chi connectivity index (χ0v) is 34.1. The summed E-state index contributed by atoms with van der Waals surface area (Å²) < 4.78 is 2.61. The second-order valence-electron chi connectivity index (χ2n) is 16.1. The number of benzene rings is 8. The number of hydrogen-bond donors (Lipinski definition) is 0. The number of nitrogens with zero attached hydrogens (tertiary/aromatic N) is 2. The summed E-state index contributed by atoms with van der Waals surface area (Å²) in [6.07, 6.45) is 9.45. The molecule has 10 aromatic rings. The largest absolute Gasteiger partial charge is 0.309 e. The fourth-order valence-corrected chi connectivity index (χ4v) is 12.5. The summed E-state index contributed by atoms with van der Waals surface area (Å²) >= 11 is 3.87. The van der Waals surface area contributed by atoms with E-state index in [1.165, 1.54) is 90.7 Å². The summed E-state index contributed by atoms with van der Waals surface area (Å²) in [5.41, 5.74) is 10.4. The average molecular weight is 781 g/mol. The van der Waals surface area contributed by atoms with Gasteiger partial charge in [-0.15, -0.1) is 22.7 Å². The molecule has 0 saturated carbocycles. The first kappa shape index (κ1) is 33.9. The highest BCUT2D eigenvalue weighted by molar-refractivity contribution is 7.26. The van der Waals surface area contributed by atoms with Crippen LogP contribution in [0.1, 0.15) is 47.1 Å². The number of anilines is 5. The van der Waals surface area contributed by atoms with Crippen molar-refractivity contribution in [2.24, 2.45) is 5.92 Å². The molecular formula is C54H40N2S2. The SMILES string of the molecule is CC1C=Cc2sc3c(c2C1)C(C)CC=C3N(c1ccccc1)c1ccc2ccc3c(N(c4ccccc4)c4cccc5c4sc4ccccc45)ccc4ccc1c2c43. The second kappa shape index (κ2) is 13.2. The maximum Gasteiger partial charge on any atom is 0.0640 e. The molecule has 0 fully saturated rings. The first-order valence-corrected chi connectivity index (χ1v) is 22.1. The summed E-state index contributed by atoms with van der Waals surface area (Å²) in [5.74, 6) is 1.07. The van der Waals surface area contributed by atoms with Crippen LogP contribution in [0.5, 0.6) is 0 Å². The van der Waals surface area contributed by atoms with Crippen LogP contribution in [0.25, 0.3) is 64.3 Å². The number of allylic oxidation sites excluding steroid dienone is 2. The Bertz CT molecular complexity index is 3280. The molecule has 12 rings (SSSR count). The second-order valence-corrected chi connectivity index (χ2v) is 18.2. The van der Waals surface area contributed by atoms with Crippen molar-refractivity contribution in [1.82, 2.24) is 0 Å². The van der Waals surface area contributed by atoms with Gasteiger partial charge in [0.15, 0.2) is 0 Å². The Labute approximate surface area is 346 Å². The molecule has 2 aliphatic carbocycles. The van der Waals surface area contributed by atoms with E-state index in [-0.39, 0.29) is 0 Å². The quantitative estimate of drug-likeness (QED) is 0.155. The lowest BCUT2D eigenvalue weighted by atomic mass is 9.83. The summed E-state index contributed by atoms with van der Waals surface area (Å²) in [7, 11) is 0. The first-order chi connectivity index (χ1) is 28.6. The van der Waals surface area contributed by atoms with Crippen LogP contribution in [0.3, 0.4) is 0 Å². The highest BCUT2D eigenvalue weighted by atomic mass is 32.1. The van der Waals surface area contributed by atoms with Gasteiger partial charge in [0.25, 0.3) is 0 Å². The molecule has 2 unspecified atom stereocenters. The molecule has 0 amide bonds. The lowest BCUT2D eigenvalue weighted by Gasteiger charge is -2.33. The van der Waals surface area contributed by atoms with E-state index in [1.54, 1.807) is 11.1 Å². The Balaban J connectivity index is 1.10.